The van der Waals surface area contributed by atoms with Gasteiger partial charge in [0.2, 0.25) is 0 Å². The zero-order chi connectivity index (χ0) is 12.4. The van der Waals surface area contributed by atoms with Crippen LogP contribution in [0, 0.1) is 12.7 Å². The standard InChI is InChI=1S/C14H11FO2/c1-9-12(3-2-4-13(9)15)10-5-7-11(8-6-10)14(16)17/h2-8H,1H3,(H,16,17). The lowest BCUT2D eigenvalue weighted by molar-refractivity contribution is 0.0697. The van der Waals surface area contributed by atoms with Crippen molar-refractivity contribution in [2.45, 2.75) is 6.92 Å². The number of aromatic carboxylic acids is 1. The molecule has 0 spiro atoms. The van der Waals surface area contributed by atoms with Crippen molar-refractivity contribution in [2.24, 2.45) is 0 Å². The Morgan fingerprint density at radius 3 is 2.35 bits per heavy atom. The number of hydrogen-bond donors (Lipinski definition) is 1. The minimum atomic E-state index is -0.965. The van der Waals surface area contributed by atoms with Gasteiger partial charge in [-0.25, -0.2) is 9.18 Å². The van der Waals surface area contributed by atoms with Crippen molar-refractivity contribution >= 4 is 5.97 Å². The number of benzene rings is 2. The quantitative estimate of drug-likeness (QED) is 0.857. The molecule has 0 fully saturated rings. The largest absolute Gasteiger partial charge is 0.478 e. The van der Waals surface area contributed by atoms with Crippen LogP contribution in [0.2, 0.25) is 0 Å². The smallest absolute Gasteiger partial charge is 0.335 e. The third-order valence-corrected chi connectivity index (χ3v) is 2.71. The van der Waals surface area contributed by atoms with E-state index in [9.17, 15) is 9.18 Å². The number of carboxylic acids is 1. The average molecular weight is 230 g/mol. The summed E-state index contributed by atoms with van der Waals surface area (Å²) in [6.45, 7) is 1.70. The Kier molecular flexibility index (Phi) is 2.91. The first-order chi connectivity index (χ1) is 8.09. The second-order valence-electron chi connectivity index (χ2n) is 3.79. The minimum Gasteiger partial charge on any atom is -0.478 e. The summed E-state index contributed by atoms with van der Waals surface area (Å²) in [5.41, 5.74) is 2.38. The first kappa shape index (κ1) is 11.3. The maximum atomic E-state index is 13.4. The summed E-state index contributed by atoms with van der Waals surface area (Å²) >= 11 is 0. The summed E-state index contributed by atoms with van der Waals surface area (Å²) in [6.07, 6.45) is 0. The predicted octanol–water partition coefficient (Wildman–Crippen LogP) is 3.50. The van der Waals surface area contributed by atoms with E-state index in [0.29, 0.717) is 5.56 Å². The average Bonchev–Trinajstić information content (AvgIpc) is 2.33. The highest BCUT2D eigenvalue weighted by Crippen LogP contribution is 2.25. The maximum absolute atomic E-state index is 13.4. The van der Waals surface area contributed by atoms with Crippen LogP contribution in [0.4, 0.5) is 4.39 Å². The highest BCUT2D eigenvalue weighted by molar-refractivity contribution is 5.88. The molecule has 86 valence electrons. The van der Waals surface area contributed by atoms with Crippen LogP contribution in [0.25, 0.3) is 11.1 Å². The summed E-state index contributed by atoms with van der Waals surface area (Å²) in [4.78, 5) is 10.7. The number of hydrogen-bond acceptors (Lipinski definition) is 1. The molecular weight excluding hydrogens is 219 g/mol. The van der Waals surface area contributed by atoms with Crippen LogP contribution in [-0.2, 0) is 0 Å². The van der Waals surface area contributed by atoms with E-state index in [1.54, 1.807) is 25.1 Å². The second kappa shape index (κ2) is 4.37. The summed E-state index contributed by atoms with van der Waals surface area (Å²) < 4.78 is 13.4. The van der Waals surface area contributed by atoms with E-state index in [1.807, 2.05) is 6.07 Å². The lowest BCUT2D eigenvalue weighted by atomic mass is 9.99. The van der Waals surface area contributed by atoms with Crippen molar-refractivity contribution in [3.05, 3.63) is 59.4 Å². The van der Waals surface area contributed by atoms with E-state index in [2.05, 4.69) is 0 Å². The molecule has 0 aliphatic carbocycles. The van der Waals surface area contributed by atoms with Gasteiger partial charge in [0.15, 0.2) is 0 Å². The number of carboxylic acid groups (broad SMARTS) is 1. The van der Waals surface area contributed by atoms with Gasteiger partial charge in [0.25, 0.3) is 0 Å². The Morgan fingerprint density at radius 1 is 1.12 bits per heavy atom. The van der Waals surface area contributed by atoms with E-state index in [-0.39, 0.29) is 11.4 Å². The fraction of sp³-hybridized carbons (Fsp3) is 0.0714. The minimum absolute atomic E-state index is 0.225. The molecule has 2 aromatic rings. The van der Waals surface area contributed by atoms with E-state index in [0.717, 1.165) is 11.1 Å². The van der Waals surface area contributed by atoms with E-state index < -0.39 is 5.97 Å². The highest BCUT2D eigenvalue weighted by Gasteiger charge is 2.07. The summed E-state index contributed by atoms with van der Waals surface area (Å²) in [5.74, 6) is -1.22. The molecular formula is C14H11FO2. The fourth-order valence-corrected chi connectivity index (χ4v) is 1.71. The Labute approximate surface area is 98.3 Å². The molecule has 0 atom stereocenters. The number of halogens is 1. The van der Waals surface area contributed by atoms with Gasteiger partial charge in [-0.1, -0.05) is 24.3 Å². The first-order valence-corrected chi connectivity index (χ1v) is 5.18. The van der Waals surface area contributed by atoms with Gasteiger partial charge in [-0.15, -0.1) is 0 Å². The van der Waals surface area contributed by atoms with Gasteiger partial charge in [0.05, 0.1) is 5.56 Å². The molecule has 2 nitrogen and oxygen atoms in total. The van der Waals surface area contributed by atoms with Gasteiger partial charge in [-0.05, 0) is 41.8 Å². The van der Waals surface area contributed by atoms with Crippen molar-refractivity contribution in [1.82, 2.24) is 0 Å². The van der Waals surface area contributed by atoms with Crippen LogP contribution in [0.15, 0.2) is 42.5 Å². The second-order valence-corrected chi connectivity index (χ2v) is 3.79. The third-order valence-electron chi connectivity index (χ3n) is 2.71. The lowest BCUT2D eigenvalue weighted by Crippen LogP contribution is -1.95. The van der Waals surface area contributed by atoms with Crippen LogP contribution in [-0.4, -0.2) is 11.1 Å². The molecule has 0 saturated heterocycles. The van der Waals surface area contributed by atoms with Crippen LogP contribution < -0.4 is 0 Å². The SMILES string of the molecule is Cc1c(F)cccc1-c1ccc(C(=O)O)cc1. The highest BCUT2D eigenvalue weighted by atomic mass is 19.1. The molecule has 0 heterocycles. The van der Waals surface area contributed by atoms with Gasteiger partial charge < -0.3 is 5.11 Å². The Hall–Kier alpha value is -2.16. The molecule has 2 aromatic carbocycles. The maximum Gasteiger partial charge on any atom is 0.335 e. The Morgan fingerprint density at radius 2 is 1.76 bits per heavy atom. The molecule has 0 aliphatic heterocycles. The normalized spacial score (nSPS) is 10.2. The number of rotatable bonds is 2. The fourth-order valence-electron chi connectivity index (χ4n) is 1.71. The van der Waals surface area contributed by atoms with E-state index in [1.165, 1.54) is 18.2 Å². The van der Waals surface area contributed by atoms with Crippen molar-refractivity contribution < 1.29 is 14.3 Å². The van der Waals surface area contributed by atoms with Crippen molar-refractivity contribution in [1.29, 1.82) is 0 Å². The molecule has 3 heteroatoms. The molecule has 0 bridgehead atoms. The van der Waals surface area contributed by atoms with Crippen LogP contribution >= 0.6 is 0 Å². The predicted molar refractivity (Wildman–Crippen MR) is 63.5 cm³/mol. The third kappa shape index (κ3) is 2.18. The lowest BCUT2D eigenvalue weighted by Gasteiger charge is -2.07. The molecule has 0 unspecified atom stereocenters. The van der Waals surface area contributed by atoms with Crippen LogP contribution in [0.5, 0.6) is 0 Å². The van der Waals surface area contributed by atoms with E-state index >= 15 is 0 Å². The van der Waals surface area contributed by atoms with Crippen molar-refractivity contribution in [2.75, 3.05) is 0 Å². The molecule has 0 amide bonds. The molecule has 0 aliphatic rings. The van der Waals surface area contributed by atoms with Gasteiger partial charge in [0.1, 0.15) is 5.82 Å². The zero-order valence-corrected chi connectivity index (χ0v) is 9.27. The molecule has 0 aromatic heterocycles. The molecule has 0 radical (unpaired) electrons. The topological polar surface area (TPSA) is 37.3 Å². The van der Waals surface area contributed by atoms with E-state index in [4.69, 9.17) is 5.11 Å². The molecule has 1 N–H and O–H groups in total. The Balaban J connectivity index is 2.47. The van der Waals surface area contributed by atoms with Crippen molar-refractivity contribution in [3.8, 4) is 11.1 Å². The summed E-state index contributed by atoms with van der Waals surface area (Å²) in [5, 5.41) is 8.78. The molecule has 17 heavy (non-hydrogen) atoms. The van der Waals surface area contributed by atoms with Crippen molar-refractivity contribution in [3.63, 3.8) is 0 Å². The van der Waals surface area contributed by atoms with Gasteiger partial charge in [-0.3, -0.25) is 0 Å². The van der Waals surface area contributed by atoms with Gasteiger partial charge in [0, 0.05) is 0 Å². The van der Waals surface area contributed by atoms with Gasteiger partial charge in [-0.2, -0.15) is 0 Å². The Bertz CT molecular complexity index is 559. The van der Waals surface area contributed by atoms with Crippen LogP contribution in [0.3, 0.4) is 0 Å². The van der Waals surface area contributed by atoms with Crippen LogP contribution in [0.1, 0.15) is 15.9 Å². The summed E-state index contributed by atoms with van der Waals surface area (Å²) in [7, 11) is 0. The molecule has 0 saturated carbocycles. The first-order valence-electron chi connectivity index (χ1n) is 5.18. The molecule has 2 rings (SSSR count). The van der Waals surface area contributed by atoms with Gasteiger partial charge >= 0.3 is 5.97 Å². The summed E-state index contributed by atoms with van der Waals surface area (Å²) in [6, 6.07) is 11.3. The zero-order valence-electron chi connectivity index (χ0n) is 9.27. The monoisotopic (exact) mass is 230 g/mol. The number of carbonyl (C=O) groups is 1.